The lowest BCUT2D eigenvalue weighted by Crippen LogP contribution is -2.05. The molecule has 0 spiro atoms. The Morgan fingerprint density at radius 3 is 2.50 bits per heavy atom. The van der Waals surface area contributed by atoms with Gasteiger partial charge < -0.3 is 19.8 Å². The summed E-state index contributed by atoms with van der Waals surface area (Å²) in [6.07, 6.45) is 0.747. The second-order valence-corrected chi connectivity index (χ2v) is 5.95. The topological polar surface area (TPSA) is 49.4 Å². The van der Waals surface area contributed by atoms with Crippen molar-refractivity contribution in [1.82, 2.24) is 4.57 Å². The summed E-state index contributed by atoms with van der Waals surface area (Å²) in [4.78, 5) is 0. The third-order valence-electron chi connectivity index (χ3n) is 4.66. The van der Waals surface area contributed by atoms with Crippen molar-refractivity contribution < 1.29 is 9.47 Å². The first-order chi connectivity index (χ1) is 11.6. The average molecular weight is 324 g/mol. The second kappa shape index (κ2) is 6.57. The summed E-state index contributed by atoms with van der Waals surface area (Å²) in [5.41, 5.74) is 11.7. The zero-order chi connectivity index (χ0) is 17.3. The summed E-state index contributed by atoms with van der Waals surface area (Å²) in [6, 6.07) is 12.7. The Kier molecular flexibility index (Phi) is 4.49. The van der Waals surface area contributed by atoms with Crippen LogP contribution < -0.4 is 15.2 Å². The number of para-hydroxylation sites is 1. The maximum Gasteiger partial charge on any atom is 0.163 e. The molecule has 0 atom stereocenters. The maximum atomic E-state index is 5.79. The van der Waals surface area contributed by atoms with Crippen molar-refractivity contribution in [3.05, 3.63) is 47.7 Å². The van der Waals surface area contributed by atoms with Gasteiger partial charge in [0.15, 0.2) is 11.5 Å². The Balaban J connectivity index is 2.31. The van der Waals surface area contributed by atoms with E-state index in [-0.39, 0.29) is 0 Å². The molecular weight excluding hydrogens is 300 g/mol. The fourth-order valence-corrected chi connectivity index (χ4v) is 3.41. The van der Waals surface area contributed by atoms with Crippen LogP contribution in [0.3, 0.4) is 0 Å². The molecule has 2 aromatic carbocycles. The highest BCUT2D eigenvalue weighted by molar-refractivity contribution is 5.98. The van der Waals surface area contributed by atoms with E-state index >= 15 is 0 Å². The number of hydrogen-bond acceptors (Lipinski definition) is 3. The van der Waals surface area contributed by atoms with Gasteiger partial charge in [-0.25, -0.2) is 0 Å². The number of rotatable bonds is 5. The van der Waals surface area contributed by atoms with E-state index in [4.69, 9.17) is 15.2 Å². The fourth-order valence-electron chi connectivity index (χ4n) is 3.41. The molecular formula is C20H24N2O2. The van der Waals surface area contributed by atoms with E-state index in [1.54, 1.807) is 14.2 Å². The Labute approximate surface area is 142 Å². The van der Waals surface area contributed by atoms with Crippen LogP contribution in [0.1, 0.15) is 11.3 Å². The molecule has 126 valence electrons. The lowest BCUT2D eigenvalue weighted by molar-refractivity contribution is 0.352. The molecule has 24 heavy (non-hydrogen) atoms. The van der Waals surface area contributed by atoms with Crippen LogP contribution in [0.2, 0.25) is 0 Å². The van der Waals surface area contributed by atoms with E-state index in [1.807, 2.05) is 6.07 Å². The van der Waals surface area contributed by atoms with Gasteiger partial charge in [-0.15, -0.1) is 0 Å². The van der Waals surface area contributed by atoms with Gasteiger partial charge >= 0.3 is 0 Å². The number of nitrogens with two attached hydrogens (primary N) is 1. The first kappa shape index (κ1) is 16.4. The molecule has 1 aromatic heterocycles. The summed E-state index contributed by atoms with van der Waals surface area (Å²) >= 11 is 0. The average Bonchev–Trinajstić information content (AvgIpc) is 2.86. The van der Waals surface area contributed by atoms with E-state index in [1.165, 1.54) is 22.2 Å². The third-order valence-corrected chi connectivity index (χ3v) is 4.66. The van der Waals surface area contributed by atoms with Crippen LogP contribution in [0.4, 0.5) is 0 Å². The zero-order valence-corrected chi connectivity index (χ0v) is 14.7. The molecule has 0 aliphatic heterocycles. The Bertz CT molecular complexity index is 881. The SMILES string of the molecule is COc1cc(-c2c(C)n(C)c3ccccc23)cc(CCN)c1OC. The largest absolute Gasteiger partial charge is 0.493 e. The second-order valence-electron chi connectivity index (χ2n) is 5.95. The van der Waals surface area contributed by atoms with Crippen LogP contribution in [-0.4, -0.2) is 25.3 Å². The van der Waals surface area contributed by atoms with Crippen LogP contribution >= 0.6 is 0 Å². The van der Waals surface area contributed by atoms with Crippen molar-refractivity contribution in [2.45, 2.75) is 13.3 Å². The quantitative estimate of drug-likeness (QED) is 0.779. The van der Waals surface area contributed by atoms with Crippen molar-refractivity contribution in [2.75, 3.05) is 20.8 Å². The Hall–Kier alpha value is -2.46. The van der Waals surface area contributed by atoms with Gasteiger partial charge in [0.2, 0.25) is 0 Å². The zero-order valence-electron chi connectivity index (χ0n) is 14.7. The molecule has 0 aliphatic carbocycles. The van der Waals surface area contributed by atoms with Gasteiger partial charge in [0, 0.05) is 29.2 Å². The summed E-state index contributed by atoms with van der Waals surface area (Å²) in [6.45, 7) is 2.71. The van der Waals surface area contributed by atoms with E-state index in [2.05, 4.69) is 48.9 Å². The Morgan fingerprint density at radius 2 is 1.83 bits per heavy atom. The number of fused-ring (bicyclic) bond motifs is 1. The number of hydrogen-bond donors (Lipinski definition) is 1. The van der Waals surface area contributed by atoms with Crippen LogP contribution in [-0.2, 0) is 13.5 Å². The smallest absolute Gasteiger partial charge is 0.163 e. The summed E-state index contributed by atoms with van der Waals surface area (Å²) < 4.78 is 13.3. The van der Waals surface area contributed by atoms with Crippen LogP contribution in [0.5, 0.6) is 11.5 Å². The number of aryl methyl sites for hydroxylation is 1. The van der Waals surface area contributed by atoms with Gasteiger partial charge in [0.25, 0.3) is 0 Å². The number of ether oxygens (including phenoxy) is 2. The molecule has 3 rings (SSSR count). The molecule has 0 amide bonds. The minimum absolute atomic E-state index is 0.567. The van der Waals surface area contributed by atoms with Crippen molar-refractivity contribution >= 4 is 10.9 Å². The molecule has 3 aromatic rings. The van der Waals surface area contributed by atoms with Crippen LogP contribution in [0.15, 0.2) is 36.4 Å². The lowest BCUT2D eigenvalue weighted by atomic mass is 9.98. The molecule has 4 heteroatoms. The molecule has 0 fully saturated rings. The van der Waals surface area contributed by atoms with Crippen LogP contribution in [0, 0.1) is 6.92 Å². The van der Waals surface area contributed by atoms with Gasteiger partial charge in [-0.3, -0.25) is 0 Å². The van der Waals surface area contributed by atoms with Crippen molar-refractivity contribution in [2.24, 2.45) is 12.8 Å². The summed E-state index contributed by atoms with van der Waals surface area (Å²) in [5, 5.41) is 1.24. The van der Waals surface area contributed by atoms with Crippen molar-refractivity contribution in [3.8, 4) is 22.6 Å². The van der Waals surface area contributed by atoms with Gasteiger partial charge in [0.1, 0.15) is 0 Å². The normalized spacial score (nSPS) is 11.0. The van der Waals surface area contributed by atoms with Gasteiger partial charge in [0.05, 0.1) is 14.2 Å². The highest BCUT2D eigenvalue weighted by Crippen LogP contribution is 2.40. The molecule has 4 nitrogen and oxygen atoms in total. The molecule has 2 N–H and O–H groups in total. The van der Waals surface area contributed by atoms with Crippen molar-refractivity contribution in [1.29, 1.82) is 0 Å². The first-order valence-electron chi connectivity index (χ1n) is 8.11. The van der Waals surface area contributed by atoms with Gasteiger partial charge in [-0.2, -0.15) is 0 Å². The fraction of sp³-hybridized carbons (Fsp3) is 0.300. The molecule has 0 saturated heterocycles. The summed E-state index contributed by atoms with van der Waals surface area (Å²) in [7, 11) is 5.44. The molecule has 1 heterocycles. The Morgan fingerprint density at radius 1 is 1.08 bits per heavy atom. The maximum absolute atomic E-state index is 5.79. The molecule has 0 aliphatic rings. The molecule has 0 radical (unpaired) electrons. The highest BCUT2D eigenvalue weighted by Gasteiger charge is 2.18. The number of methoxy groups -OCH3 is 2. The lowest BCUT2D eigenvalue weighted by Gasteiger charge is -2.15. The van der Waals surface area contributed by atoms with Crippen LogP contribution in [0.25, 0.3) is 22.0 Å². The van der Waals surface area contributed by atoms with Crippen molar-refractivity contribution in [3.63, 3.8) is 0 Å². The summed E-state index contributed by atoms with van der Waals surface area (Å²) in [5.74, 6) is 1.51. The first-order valence-corrected chi connectivity index (χ1v) is 8.11. The third kappa shape index (κ3) is 2.53. The number of nitrogens with zero attached hydrogens (tertiary/aromatic N) is 1. The molecule has 0 unspecified atom stereocenters. The minimum Gasteiger partial charge on any atom is -0.493 e. The van der Waals surface area contributed by atoms with Gasteiger partial charge in [-0.05, 0) is 49.2 Å². The minimum atomic E-state index is 0.567. The monoisotopic (exact) mass is 324 g/mol. The number of aromatic nitrogens is 1. The van der Waals surface area contributed by atoms with E-state index in [9.17, 15) is 0 Å². The highest BCUT2D eigenvalue weighted by atomic mass is 16.5. The molecule has 0 saturated carbocycles. The predicted octanol–water partition coefficient (Wildman–Crippen LogP) is 3.67. The number of benzene rings is 2. The van der Waals surface area contributed by atoms with E-state index in [0.717, 1.165) is 29.0 Å². The predicted molar refractivity (Wildman–Crippen MR) is 99.0 cm³/mol. The van der Waals surface area contributed by atoms with E-state index < -0.39 is 0 Å². The molecule has 0 bridgehead atoms. The standard InChI is InChI=1S/C20H24N2O2/c1-13-19(16-7-5-6-8-17(16)22(13)2)15-11-14(9-10-21)20(24-4)18(12-15)23-3/h5-8,11-12H,9-10,21H2,1-4H3. The van der Waals surface area contributed by atoms with Gasteiger partial charge in [-0.1, -0.05) is 18.2 Å². The van der Waals surface area contributed by atoms with E-state index in [0.29, 0.717) is 6.54 Å².